The number of carbonyl (C=O) groups excluding carboxylic acids is 2. The number of dihydropyridines is 1. The number of primary amides is 1. The van der Waals surface area contributed by atoms with E-state index in [-0.39, 0.29) is 17.2 Å². The zero-order chi connectivity index (χ0) is 29.7. The molecule has 4 rings (SSSR count). The fourth-order valence-electron chi connectivity index (χ4n) is 5.88. The number of aliphatic carboxylic acids is 1. The van der Waals surface area contributed by atoms with E-state index in [0.717, 1.165) is 5.56 Å². The predicted octanol–water partition coefficient (Wildman–Crippen LogP) is 2.94. The van der Waals surface area contributed by atoms with Gasteiger partial charge in [0.1, 0.15) is 0 Å². The number of nitro groups is 1. The third kappa shape index (κ3) is 6.14. The number of nitro benzene ring substituents is 1. The smallest absolute Gasteiger partial charge is 0.314 e. The summed E-state index contributed by atoms with van der Waals surface area (Å²) in [5.41, 5.74) is 7.73. The quantitative estimate of drug-likeness (QED) is 0.195. The van der Waals surface area contributed by atoms with Gasteiger partial charge in [-0.3, -0.25) is 24.5 Å². The highest BCUT2D eigenvalue weighted by Crippen LogP contribution is 2.39. The SMILES string of the molecule is CC1=C(C(N)=O)C(c2ccc([N+](=O)[O-])cc2)C(C(=O)NCCCN2CCC(C(=O)O)(c3ccccc3)CC2)=C(C)N1. The number of hydrogen-bond donors (Lipinski definition) is 4. The highest BCUT2D eigenvalue weighted by atomic mass is 16.6. The van der Waals surface area contributed by atoms with Crippen molar-refractivity contribution in [2.24, 2.45) is 5.73 Å². The lowest BCUT2D eigenvalue weighted by Gasteiger charge is -2.39. The normalized spacial score (nSPS) is 18.9. The predicted molar refractivity (Wildman–Crippen MR) is 153 cm³/mol. The Balaban J connectivity index is 1.40. The van der Waals surface area contributed by atoms with Crippen LogP contribution in [0.1, 0.15) is 50.2 Å². The van der Waals surface area contributed by atoms with Crippen molar-refractivity contribution in [2.45, 2.75) is 44.4 Å². The summed E-state index contributed by atoms with van der Waals surface area (Å²) in [6.07, 6.45) is 1.67. The molecule has 11 heteroatoms. The first-order valence-electron chi connectivity index (χ1n) is 13.6. The molecule has 216 valence electrons. The Labute approximate surface area is 238 Å². The molecule has 2 aromatic carbocycles. The molecule has 0 spiro atoms. The molecule has 11 nitrogen and oxygen atoms in total. The van der Waals surface area contributed by atoms with Gasteiger partial charge in [-0.25, -0.2) is 0 Å². The molecular weight excluding hydrogens is 526 g/mol. The molecule has 0 bridgehead atoms. The van der Waals surface area contributed by atoms with E-state index in [9.17, 15) is 29.6 Å². The summed E-state index contributed by atoms with van der Waals surface area (Å²) in [5, 5.41) is 27.2. The Hall–Kier alpha value is -4.51. The number of hydrogen-bond acceptors (Lipinski definition) is 7. The molecule has 2 aromatic rings. The third-order valence-electron chi connectivity index (χ3n) is 8.09. The maximum atomic E-state index is 13.4. The third-order valence-corrected chi connectivity index (χ3v) is 8.09. The standard InChI is InChI=1S/C30H35N5O6/c1-19-24(27(31)36)26(21-9-11-23(12-10-21)35(40)41)25(20(2)33-19)28(37)32-15-6-16-34-17-13-30(14-18-34,29(38)39)22-7-4-3-5-8-22/h3-5,7-12,26,33H,6,13-18H2,1-2H3,(H2,31,36)(H,32,37)(H,38,39). The van der Waals surface area contributed by atoms with Crippen molar-refractivity contribution >= 4 is 23.5 Å². The topological polar surface area (TPSA) is 168 Å². The maximum absolute atomic E-state index is 13.4. The number of amides is 2. The Morgan fingerprint density at radius 3 is 2.22 bits per heavy atom. The number of benzene rings is 2. The molecule has 41 heavy (non-hydrogen) atoms. The number of allylic oxidation sites excluding steroid dienone is 2. The molecule has 0 aliphatic carbocycles. The van der Waals surface area contributed by atoms with Gasteiger partial charge in [-0.05, 0) is 63.9 Å². The van der Waals surface area contributed by atoms with Gasteiger partial charge >= 0.3 is 5.97 Å². The lowest BCUT2D eigenvalue weighted by atomic mass is 9.73. The lowest BCUT2D eigenvalue weighted by molar-refractivity contribution is -0.384. The first kappa shape index (κ1) is 29.5. The molecule has 2 amide bonds. The fraction of sp³-hybridized carbons (Fsp3) is 0.367. The molecule has 0 radical (unpaired) electrons. The van der Waals surface area contributed by atoms with Crippen LogP contribution in [0.3, 0.4) is 0 Å². The number of rotatable bonds is 10. The number of carbonyl (C=O) groups is 3. The zero-order valence-corrected chi connectivity index (χ0v) is 23.2. The van der Waals surface area contributed by atoms with E-state index in [4.69, 9.17) is 5.73 Å². The van der Waals surface area contributed by atoms with Crippen molar-refractivity contribution in [2.75, 3.05) is 26.2 Å². The first-order valence-corrected chi connectivity index (χ1v) is 13.6. The summed E-state index contributed by atoms with van der Waals surface area (Å²) >= 11 is 0. The molecule has 1 fully saturated rings. The van der Waals surface area contributed by atoms with Crippen molar-refractivity contribution < 1.29 is 24.4 Å². The molecule has 2 aliphatic heterocycles. The number of carboxylic acids is 1. The average Bonchev–Trinajstić information content (AvgIpc) is 2.95. The van der Waals surface area contributed by atoms with E-state index < -0.39 is 28.1 Å². The largest absolute Gasteiger partial charge is 0.481 e. The van der Waals surface area contributed by atoms with Crippen molar-refractivity contribution in [3.8, 4) is 0 Å². The fourth-order valence-corrected chi connectivity index (χ4v) is 5.88. The van der Waals surface area contributed by atoms with E-state index in [0.29, 0.717) is 68.0 Å². The average molecular weight is 562 g/mol. The van der Waals surface area contributed by atoms with Crippen LogP contribution < -0.4 is 16.4 Å². The van der Waals surface area contributed by atoms with Crippen LogP contribution in [-0.4, -0.2) is 58.9 Å². The molecule has 1 unspecified atom stereocenters. The molecular formula is C30H35N5O6. The van der Waals surface area contributed by atoms with Crippen LogP contribution in [0, 0.1) is 10.1 Å². The molecule has 2 aliphatic rings. The Kier molecular flexibility index (Phi) is 8.87. The Bertz CT molecular complexity index is 1390. The van der Waals surface area contributed by atoms with E-state index in [1.165, 1.54) is 24.3 Å². The maximum Gasteiger partial charge on any atom is 0.314 e. The highest BCUT2D eigenvalue weighted by Gasteiger charge is 2.43. The summed E-state index contributed by atoms with van der Waals surface area (Å²) in [6.45, 7) is 5.78. The summed E-state index contributed by atoms with van der Waals surface area (Å²) in [7, 11) is 0. The minimum absolute atomic E-state index is 0.0993. The van der Waals surface area contributed by atoms with Crippen molar-refractivity contribution in [1.82, 2.24) is 15.5 Å². The van der Waals surface area contributed by atoms with Crippen molar-refractivity contribution in [3.63, 3.8) is 0 Å². The Morgan fingerprint density at radius 1 is 1.05 bits per heavy atom. The summed E-state index contributed by atoms with van der Waals surface area (Å²) < 4.78 is 0. The second-order valence-electron chi connectivity index (χ2n) is 10.6. The number of nitrogens with one attached hydrogen (secondary N) is 2. The first-order chi connectivity index (χ1) is 19.5. The van der Waals surface area contributed by atoms with Gasteiger partial charge in [0.2, 0.25) is 11.8 Å². The lowest BCUT2D eigenvalue weighted by Crippen LogP contribution is -2.47. The van der Waals surface area contributed by atoms with Gasteiger partial charge in [-0.15, -0.1) is 0 Å². The van der Waals surface area contributed by atoms with Crippen LogP contribution >= 0.6 is 0 Å². The minimum Gasteiger partial charge on any atom is -0.481 e. The van der Waals surface area contributed by atoms with Crippen LogP contribution in [0.4, 0.5) is 5.69 Å². The molecule has 1 atom stereocenters. The summed E-state index contributed by atoms with van der Waals surface area (Å²) in [6, 6.07) is 15.1. The number of nitrogens with two attached hydrogens (primary N) is 1. The van der Waals surface area contributed by atoms with Crippen molar-refractivity contribution in [1.29, 1.82) is 0 Å². The van der Waals surface area contributed by atoms with Gasteiger partial charge in [-0.1, -0.05) is 42.5 Å². The number of carboxylic acid groups (broad SMARTS) is 1. The molecule has 1 saturated heterocycles. The Morgan fingerprint density at radius 2 is 1.66 bits per heavy atom. The van der Waals surface area contributed by atoms with Crippen LogP contribution in [0.5, 0.6) is 0 Å². The van der Waals surface area contributed by atoms with Crippen LogP contribution in [0.25, 0.3) is 0 Å². The van der Waals surface area contributed by atoms with E-state index in [1.807, 2.05) is 30.3 Å². The van der Waals surface area contributed by atoms with Crippen LogP contribution in [0.2, 0.25) is 0 Å². The van der Waals surface area contributed by atoms with Crippen LogP contribution in [0.15, 0.2) is 77.1 Å². The van der Waals surface area contributed by atoms with Crippen molar-refractivity contribution in [3.05, 3.63) is 98.4 Å². The van der Waals surface area contributed by atoms with Gasteiger partial charge in [0, 0.05) is 47.1 Å². The highest BCUT2D eigenvalue weighted by molar-refractivity contribution is 6.03. The molecule has 0 aromatic heterocycles. The van der Waals surface area contributed by atoms with Gasteiger partial charge in [-0.2, -0.15) is 0 Å². The number of nitrogens with zero attached hydrogens (tertiary/aromatic N) is 2. The van der Waals surface area contributed by atoms with E-state index >= 15 is 0 Å². The number of likely N-dealkylation sites (tertiary alicyclic amines) is 1. The van der Waals surface area contributed by atoms with E-state index in [2.05, 4.69) is 15.5 Å². The summed E-state index contributed by atoms with van der Waals surface area (Å²) in [5.74, 6) is -2.63. The number of non-ortho nitro benzene ring substituents is 1. The monoisotopic (exact) mass is 561 g/mol. The van der Waals surface area contributed by atoms with Crippen LogP contribution in [-0.2, 0) is 19.8 Å². The second kappa shape index (κ2) is 12.3. The van der Waals surface area contributed by atoms with E-state index in [1.54, 1.807) is 13.8 Å². The number of piperidine rings is 1. The molecule has 5 N–H and O–H groups in total. The second-order valence-corrected chi connectivity index (χ2v) is 10.6. The summed E-state index contributed by atoms with van der Waals surface area (Å²) in [4.78, 5) is 50.9. The van der Waals surface area contributed by atoms with Gasteiger partial charge in [0.05, 0.1) is 10.3 Å². The minimum atomic E-state index is -0.888. The van der Waals surface area contributed by atoms with Gasteiger partial charge in [0.15, 0.2) is 0 Å². The molecule has 0 saturated carbocycles. The molecule has 2 heterocycles. The zero-order valence-electron chi connectivity index (χ0n) is 23.2. The van der Waals surface area contributed by atoms with Gasteiger partial charge in [0.25, 0.3) is 5.69 Å². The van der Waals surface area contributed by atoms with Gasteiger partial charge < -0.3 is 26.4 Å².